The molecule has 1 fully saturated rings. The zero-order valence-corrected chi connectivity index (χ0v) is 12.4. The second-order valence-electron chi connectivity index (χ2n) is 5.27. The molecule has 5 heteroatoms. The number of hydrogen-bond acceptors (Lipinski definition) is 4. The average molecular weight is 276 g/mol. The Morgan fingerprint density at radius 3 is 2.80 bits per heavy atom. The van der Waals surface area contributed by atoms with Crippen LogP contribution < -0.4 is 15.5 Å². The Bertz CT molecular complexity index is 428. The van der Waals surface area contributed by atoms with Crippen molar-refractivity contribution in [3.63, 3.8) is 0 Å². The molecule has 0 bridgehead atoms. The highest BCUT2D eigenvalue weighted by Crippen LogP contribution is 2.19. The Labute approximate surface area is 120 Å². The average Bonchev–Trinajstić information content (AvgIpc) is 3.29. The van der Waals surface area contributed by atoms with E-state index in [4.69, 9.17) is 0 Å². The van der Waals surface area contributed by atoms with E-state index in [0.717, 1.165) is 25.3 Å². The van der Waals surface area contributed by atoms with Gasteiger partial charge in [0.2, 0.25) is 5.91 Å². The van der Waals surface area contributed by atoms with E-state index in [1.807, 2.05) is 17.2 Å². The molecule has 1 aliphatic rings. The van der Waals surface area contributed by atoms with Crippen molar-refractivity contribution in [2.75, 3.05) is 25.0 Å². The van der Waals surface area contributed by atoms with Gasteiger partial charge in [0, 0.05) is 32.4 Å². The molecule has 1 amide bonds. The zero-order valence-electron chi connectivity index (χ0n) is 12.4. The van der Waals surface area contributed by atoms with Crippen molar-refractivity contribution in [1.82, 2.24) is 15.6 Å². The molecule has 0 aliphatic heterocycles. The van der Waals surface area contributed by atoms with E-state index in [0.29, 0.717) is 12.6 Å². The van der Waals surface area contributed by atoms with E-state index in [1.165, 1.54) is 18.4 Å². The van der Waals surface area contributed by atoms with Crippen molar-refractivity contribution in [1.29, 1.82) is 0 Å². The molecule has 2 N–H and O–H groups in total. The summed E-state index contributed by atoms with van der Waals surface area (Å²) >= 11 is 0. The predicted octanol–water partition coefficient (Wildman–Crippen LogP) is 1.30. The Balaban J connectivity index is 1.94. The molecule has 5 nitrogen and oxygen atoms in total. The highest BCUT2D eigenvalue weighted by molar-refractivity contribution is 5.80. The number of carbonyl (C=O) groups is 1. The fourth-order valence-electron chi connectivity index (χ4n) is 2.05. The summed E-state index contributed by atoms with van der Waals surface area (Å²) in [6.45, 7) is 4.17. The quantitative estimate of drug-likeness (QED) is 0.751. The maximum absolute atomic E-state index is 11.5. The van der Waals surface area contributed by atoms with E-state index in [-0.39, 0.29) is 5.91 Å². The lowest BCUT2D eigenvalue weighted by Gasteiger charge is -2.22. The lowest BCUT2D eigenvalue weighted by atomic mass is 10.2. The van der Waals surface area contributed by atoms with Gasteiger partial charge in [0.05, 0.1) is 6.54 Å². The molecule has 20 heavy (non-hydrogen) atoms. The van der Waals surface area contributed by atoms with Crippen LogP contribution in [-0.2, 0) is 11.3 Å². The molecule has 2 rings (SSSR count). The van der Waals surface area contributed by atoms with Gasteiger partial charge in [-0.1, -0.05) is 13.0 Å². The van der Waals surface area contributed by atoms with Crippen LogP contribution >= 0.6 is 0 Å². The van der Waals surface area contributed by atoms with Crippen molar-refractivity contribution in [2.24, 2.45) is 0 Å². The molecule has 0 unspecified atom stereocenters. The smallest absolute Gasteiger partial charge is 0.239 e. The highest BCUT2D eigenvalue weighted by Gasteiger charge is 2.20. The lowest BCUT2D eigenvalue weighted by Crippen LogP contribution is -2.36. The van der Waals surface area contributed by atoms with Gasteiger partial charge in [-0.25, -0.2) is 4.98 Å². The molecular weight excluding hydrogens is 252 g/mol. The first kappa shape index (κ1) is 14.8. The highest BCUT2D eigenvalue weighted by atomic mass is 16.1. The standard InChI is InChI=1S/C15H24N4O/c1-3-8-19(11-15(20)16-2)14-7-4-12(10-18-14)9-17-13-5-6-13/h4,7,10,13,17H,3,5-6,8-9,11H2,1-2H3,(H,16,20). The molecule has 1 aromatic rings. The summed E-state index contributed by atoms with van der Waals surface area (Å²) in [6, 6.07) is 4.80. The second-order valence-corrected chi connectivity index (χ2v) is 5.27. The number of nitrogens with one attached hydrogen (secondary N) is 2. The SMILES string of the molecule is CCCN(CC(=O)NC)c1ccc(CNC2CC2)cn1. The fourth-order valence-corrected chi connectivity index (χ4v) is 2.05. The normalized spacial score (nSPS) is 14.1. The predicted molar refractivity (Wildman–Crippen MR) is 80.7 cm³/mol. The van der Waals surface area contributed by atoms with Crippen LogP contribution in [0.15, 0.2) is 18.3 Å². The van der Waals surface area contributed by atoms with Crippen molar-refractivity contribution in [3.05, 3.63) is 23.9 Å². The van der Waals surface area contributed by atoms with Crippen LogP contribution in [0.25, 0.3) is 0 Å². The number of anilines is 1. The number of pyridine rings is 1. The van der Waals surface area contributed by atoms with Gasteiger partial charge in [0.15, 0.2) is 0 Å². The van der Waals surface area contributed by atoms with Crippen LogP contribution in [0.5, 0.6) is 0 Å². The summed E-state index contributed by atoms with van der Waals surface area (Å²) in [6.07, 6.45) is 5.48. The maximum Gasteiger partial charge on any atom is 0.239 e. The number of likely N-dealkylation sites (N-methyl/N-ethyl adjacent to an activating group) is 1. The van der Waals surface area contributed by atoms with Gasteiger partial charge in [-0.3, -0.25) is 4.79 Å². The van der Waals surface area contributed by atoms with Gasteiger partial charge in [0.25, 0.3) is 0 Å². The third-order valence-corrected chi connectivity index (χ3v) is 3.41. The van der Waals surface area contributed by atoms with Crippen LogP contribution in [0.1, 0.15) is 31.7 Å². The third kappa shape index (κ3) is 4.49. The summed E-state index contributed by atoms with van der Waals surface area (Å²) in [4.78, 5) is 18.0. The van der Waals surface area contributed by atoms with Gasteiger partial charge in [0.1, 0.15) is 5.82 Å². The minimum absolute atomic E-state index is 0.0136. The van der Waals surface area contributed by atoms with Gasteiger partial charge in [-0.15, -0.1) is 0 Å². The van der Waals surface area contributed by atoms with Crippen molar-refractivity contribution in [3.8, 4) is 0 Å². The molecule has 0 saturated heterocycles. The summed E-state index contributed by atoms with van der Waals surface area (Å²) in [5, 5.41) is 6.13. The zero-order chi connectivity index (χ0) is 14.4. The van der Waals surface area contributed by atoms with Gasteiger partial charge in [-0.2, -0.15) is 0 Å². The van der Waals surface area contributed by atoms with E-state index >= 15 is 0 Å². The number of nitrogens with zero attached hydrogens (tertiary/aromatic N) is 2. The number of aromatic nitrogens is 1. The number of hydrogen-bond donors (Lipinski definition) is 2. The molecule has 1 saturated carbocycles. The minimum atomic E-state index is 0.0136. The topological polar surface area (TPSA) is 57.3 Å². The molecule has 0 aromatic carbocycles. The molecule has 0 atom stereocenters. The summed E-state index contributed by atoms with van der Waals surface area (Å²) in [5.41, 5.74) is 1.19. The molecule has 110 valence electrons. The van der Waals surface area contributed by atoms with Gasteiger partial charge in [-0.05, 0) is 30.9 Å². The van der Waals surface area contributed by atoms with Crippen LogP contribution in [0.3, 0.4) is 0 Å². The molecular formula is C15H24N4O. The van der Waals surface area contributed by atoms with E-state index in [2.05, 4.69) is 28.6 Å². The van der Waals surface area contributed by atoms with Crippen molar-refractivity contribution < 1.29 is 4.79 Å². The molecule has 0 radical (unpaired) electrons. The molecule has 1 heterocycles. The lowest BCUT2D eigenvalue weighted by molar-refractivity contribution is -0.119. The summed E-state index contributed by atoms with van der Waals surface area (Å²) in [5.74, 6) is 0.880. The van der Waals surface area contributed by atoms with Crippen LogP contribution in [0.2, 0.25) is 0 Å². The molecule has 1 aliphatic carbocycles. The maximum atomic E-state index is 11.5. The Kier molecular flexibility index (Phi) is 5.35. The largest absolute Gasteiger partial charge is 0.358 e. The molecule has 1 aromatic heterocycles. The van der Waals surface area contributed by atoms with Gasteiger partial charge >= 0.3 is 0 Å². The van der Waals surface area contributed by atoms with Crippen molar-refractivity contribution >= 4 is 11.7 Å². The minimum Gasteiger partial charge on any atom is -0.358 e. The Morgan fingerprint density at radius 1 is 1.45 bits per heavy atom. The fraction of sp³-hybridized carbons (Fsp3) is 0.600. The summed E-state index contributed by atoms with van der Waals surface area (Å²) < 4.78 is 0. The first-order valence-corrected chi connectivity index (χ1v) is 7.36. The van der Waals surface area contributed by atoms with E-state index in [1.54, 1.807) is 7.05 Å². The van der Waals surface area contributed by atoms with Crippen molar-refractivity contribution in [2.45, 2.75) is 38.8 Å². The summed E-state index contributed by atoms with van der Waals surface area (Å²) in [7, 11) is 1.66. The van der Waals surface area contributed by atoms with E-state index in [9.17, 15) is 4.79 Å². The molecule has 0 spiro atoms. The number of rotatable bonds is 8. The van der Waals surface area contributed by atoms with E-state index < -0.39 is 0 Å². The third-order valence-electron chi connectivity index (χ3n) is 3.41. The van der Waals surface area contributed by atoms with Crippen LogP contribution in [-0.4, -0.2) is 37.1 Å². The number of amides is 1. The Morgan fingerprint density at radius 2 is 2.25 bits per heavy atom. The van der Waals surface area contributed by atoms with Crippen LogP contribution in [0, 0.1) is 0 Å². The second kappa shape index (κ2) is 7.24. The first-order chi connectivity index (χ1) is 9.72. The van der Waals surface area contributed by atoms with Gasteiger partial charge < -0.3 is 15.5 Å². The number of carbonyl (C=O) groups excluding carboxylic acids is 1. The monoisotopic (exact) mass is 276 g/mol. The Hall–Kier alpha value is -1.62. The van der Waals surface area contributed by atoms with Crippen LogP contribution in [0.4, 0.5) is 5.82 Å². The first-order valence-electron chi connectivity index (χ1n) is 7.36.